The van der Waals surface area contributed by atoms with Crippen molar-refractivity contribution in [3.05, 3.63) is 24.0 Å². The zero-order valence-corrected chi connectivity index (χ0v) is 22.2. The number of carbonyl (C=O) groups is 3. The summed E-state index contributed by atoms with van der Waals surface area (Å²) in [6.45, 7) is 4.65. The minimum atomic E-state index is -4.82. The van der Waals surface area contributed by atoms with Gasteiger partial charge in [-0.05, 0) is 24.6 Å². The Balaban J connectivity index is 1.60. The summed E-state index contributed by atoms with van der Waals surface area (Å²) in [4.78, 5) is 50.1. The van der Waals surface area contributed by atoms with Crippen LogP contribution in [0.5, 0.6) is 0 Å². The number of hydrogen-bond acceptors (Lipinski definition) is 8. The normalized spacial score (nSPS) is 19.4. The molecule has 206 valence electrons. The van der Waals surface area contributed by atoms with E-state index in [1.54, 1.807) is 12.1 Å². The number of carbonyl (C=O) groups excluding carboxylic acids is 3. The largest absolute Gasteiger partial charge is 0.490 e. The lowest BCUT2D eigenvalue weighted by atomic mass is 10.1. The van der Waals surface area contributed by atoms with E-state index in [4.69, 9.17) is 14.0 Å². The Morgan fingerprint density at radius 2 is 1.92 bits per heavy atom. The van der Waals surface area contributed by atoms with E-state index < -0.39 is 44.2 Å². The summed E-state index contributed by atoms with van der Waals surface area (Å²) in [6.07, 6.45) is 2.50. The number of amides is 2. The molecule has 37 heavy (non-hydrogen) atoms. The second-order valence-corrected chi connectivity index (χ2v) is 10.7. The van der Waals surface area contributed by atoms with Crippen molar-refractivity contribution in [2.45, 2.75) is 58.5 Å². The zero-order valence-electron chi connectivity index (χ0n) is 21.3. The van der Waals surface area contributed by atoms with Gasteiger partial charge in [-0.25, -0.2) is 18.4 Å². The van der Waals surface area contributed by atoms with Gasteiger partial charge in [-0.15, -0.1) is 0 Å². The van der Waals surface area contributed by atoms with Gasteiger partial charge in [0.1, 0.15) is 11.9 Å². The monoisotopic (exact) mass is 543 g/mol. The molecule has 2 heterocycles. The lowest BCUT2D eigenvalue weighted by Gasteiger charge is -2.29. The average Bonchev–Trinajstić information content (AvgIpc) is 3.22. The van der Waals surface area contributed by atoms with Gasteiger partial charge in [0.25, 0.3) is 0 Å². The van der Waals surface area contributed by atoms with E-state index in [1.165, 1.54) is 11.0 Å². The Labute approximate surface area is 216 Å². The van der Waals surface area contributed by atoms with Gasteiger partial charge in [-0.2, -0.15) is 0 Å². The van der Waals surface area contributed by atoms with E-state index in [2.05, 4.69) is 6.92 Å². The van der Waals surface area contributed by atoms with Crippen LogP contribution in [-0.4, -0.2) is 73.0 Å². The van der Waals surface area contributed by atoms with Crippen molar-refractivity contribution in [1.29, 1.82) is 0 Å². The third-order valence-corrected chi connectivity index (χ3v) is 7.72. The first-order valence-electron chi connectivity index (χ1n) is 12.6. The number of morpholine rings is 1. The van der Waals surface area contributed by atoms with Crippen LogP contribution < -0.4 is 9.80 Å². The number of ether oxygens (including phenoxy) is 2. The van der Waals surface area contributed by atoms with Gasteiger partial charge in [-0.3, -0.25) is 19.4 Å². The molecule has 1 unspecified atom stereocenters. The van der Waals surface area contributed by atoms with E-state index in [9.17, 15) is 28.2 Å². The van der Waals surface area contributed by atoms with Crippen molar-refractivity contribution in [2.24, 2.45) is 0 Å². The van der Waals surface area contributed by atoms with Gasteiger partial charge < -0.3 is 18.9 Å². The first-order chi connectivity index (χ1) is 17.6. The highest BCUT2D eigenvalue weighted by Gasteiger charge is 2.41. The average molecular weight is 544 g/mol. The molecule has 1 aromatic carbocycles. The van der Waals surface area contributed by atoms with Crippen molar-refractivity contribution in [3.8, 4) is 0 Å². The highest BCUT2D eigenvalue weighted by atomic mass is 31.2. The number of rotatable bonds is 12. The quantitative estimate of drug-likeness (QED) is 0.309. The first kappa shape index (κ1) is 28.9. The predicted molar refractivity (Wildman–Crippen MR) is 134 cm³/mol. The lowest BCUT2D eigenvalue weighted by Crippen LogP contribution is -2.37. The summed E-state index contributed by atoms with van der Waals surface area (Å²) in [5.41, 5.74) is 0.644. The molecule has 11 nitrogen and oxygen atoms in total. The molecule has 3 rings (SSSR count). The maximum Gasteiger partial charge on any atom is 0.490 e. The van der Waals surface area contributed by atoms with Crippen LogP contribution in [0.25, 0.3) is 0 Å². The van der Waals surface area contributed by atoms with Gasteiger partial charge in [0, 0.05) is 26.4 Å². The minimum Gasteiger partial charge on any atom is -0.442 e. The molecule has 0 radical (unpaired) electrons. The molecule has 0 aromatic heterocycles. The van der Waals surface area contributed by atoms with Gasteiger partial charge >= 0.3 is 19.8 Å². The molecular weight excluding hydrogens is 508 g/mol. The van der Waals surface area contributed by atoms with Crippen LogP contribution in [0.4, 0.5) is 20.6 Å². The van der Waals surface area contributed by atoms with E-state index in [-0.39, 0.29) is 18.7 Å². The van der Waals surface area contributed by atoms with Gasteiger partial charge in [0.2, 0.25) is 5.91 Å². The van der Waals surface area contributed by atoms with Crippen molar-refractivity contribution < 1.29 is 42.2 Å². The molecule has 13 heteroatoms. The van der Waals surface area contributed by atoms with Gasteiger partial charge in [0.15, 0.2) is 0 Å². The summed E-state index contributed by atoms with van der Waals surface area (Å²) in [6, 6.07) is 4.37. The zero-order chi connectivity index (χ0) is 27.0. The molecule has 2 aliphatic rings. The minimum absolute atomic E-state index is 0.0434. The summed E-state index contributed by atoms with van der Waals surface area (Å²) in [5.74, 6) is -2.21. The third kappa shape index (κ3) is 7.90. The summed E-state index contributed by atoms with van der Waals surface area (Å²) in [7, 11) is -4.82. The van der Waals surface area contributed by atoms with E-state index in [0.29, 0.717) is 43.1 Å². The van der Waals surface area contributed by atoms with Crippen LogP contribution in [-0.2, 0) is 28.2 Å². The van der Waals surface area contributed by atoms with E-state index in [1.807, 2.05) is 4.90 Å². The van der Waals surface area contributed by atoms with Crippen molar-refractivity contribution in [1.82, 2.24) is 4.67 Å². The Hall–Kier alpha value is -2.69. The fraction of sp³-hybridized carbons (Fsp3) is 0.625. The van der Waals surface area contributed by atoms with Crippen molar-refractivity contribution >= 4 is 37.1 Å². The Morgan fingerprint density at radius 1 is 1.22 bits per heavy atom. The van der Waals surface area contributed by atoms with Crippen LogP contribution in [0.2, 0.25) is 0 Å². The number of halogens is 1. The second kappa shape index (κ2) is 13.2. The molecule has 2 atom stereocenters. The van der Waals surface area contributed by atoms with Crippen LogP contribution in [0.3, 0.4) is 0 Å². The maximum atomic E-state index is 14.8. The number of benzene rings is 1. The highest BCUT2D eigenvalue weighted by molar-refractivity contribution is 7.51. The Kier molecular flexibility index (Phi) is 10.3. The molecule has 2 fully saturated rings. The molecule has 1 aromatic rings. The smallest absolute Gasteiger partial charge is 0.442 e. The van der Waals surface area contributed by atoms with Gasteiger partial charge in [0.05, 0.1) is 37.7 Å². The number of unbranched alkanes of at least 4 members (excludes halogenated alkanes) is 4. The number of hydrogen-bond donors (Lipinski definition) is 1. The second-order valence-electron chi connectivity index (χ2n) is 9.07. The van der Waals surface area contributed by atoms with Crippen LogP contribution in [0, 0.1) is 5.82 Å². The third-order valence-electron chi connectivity index (χ3n) is 6.22. The maximum absolute atomic E-state index is 14.8. The molecule has 0 spiro atoms. The number of anilines is 2. The topological polar surface area (TPSA) is 126 Å². The highest BCUT2D eigenvalue weighted by Crippen LogP contribution is 2.47. The molecule has 2 saturated heterocycles. The summed E-state index contributed by atoms with van der Waals surface area (Å²) < 4.78 is 43.4. The number of nitrogens with zero attached hydrogens (tertiary/aromatic N) is 3. The van der Waals surface area contributed by atoms with Crippen molar-refractivity contribution in [3.63, 3.8) is 0 Å². The molecule has 0 saturated carbocycles. The molecule has 2 amide bonds. The van der Waals surface area contributed by atoms with Crippen LogP contribution in [0.1, 0.15) is 52.4 Å². The van der Waals surface area contributed by atoms with E-state index >= 15 is 0 Å². The summed E-state index contributed by atoms with van der Waals surface area (Å²) >= 11 is 0. The van der Waals surface area contributed by atoms with Crippen molar-refractivity contribution in [2.75, 3.05) is 49.2 Å². The molecule has 0 aliphatic carbocycles. The van der Waals surface area contributed by atoms with Gasteiger partial charge in [-0.1, -0.05) is 32.6 Å². The van der Waals surface area contributed by atoms with Crippen LogP contribution in [0.15, 0.2) is 18.2 Å². The lowest BCUT2D eigenvalue weighted by molar-refractivity contribution is -0.136. The fourth-order valence-electron chi connectivity index (χ4n) is 4.25. The first-order valence-corrected chi connectivity index (χ1v) is 14.1. The molecular formula is C24H35FN3O8P. The SMILES string of the molecule is CCCCCCCC(=O)OP(=O)(O)N(C[C@H]1CN(c2ccc(N3CCOCC3)c(F)c2)C(=O)O1)C(C)=O. The Bertz CT molecular complexity index is 1020. The predicted octanol–water partition coefficient (Wildman–Crippen LogP) is 3.84. The van der Waals surface area contributed by atoms with E-state index in [0.717, 1.165) is 32.6 Å². The summed E-state index contributed by atoms with van der Waals surface area (Å²) in [5, 5.41) is 0. The fourth-order valence-corrected chi connectivity index (χ4v) is 5.45. The molecule has 1 N–H and O–H groups in total. The standard InChI is InChI=1S/C24H35FN3O8P/c1-3-4-5-6-7-8-23(30)36-37(32,33)28(18(2)29)17-20-16-27(24(31)35-20)19-9-10-22(21(25)15-19)26-11-13-34-14-12-26/h9-10,15,20H,3-8,11-14,16-17H2,1-2H3,(H,32,33)/t20-/m1/s1. The Morgan fingerprint density at radius 3 is 2.57 bits per heavy atom. The molecule has 0 bridgehead atoms. The van der Waals surface area contributed by atoms with Crippen LogP contribution >= 0.6 is 7.75 Å². The molecule has 2 aliphatic heterocycles. The number of cyclic esters (lactones) is 1.